The molecule has 0 aliphatic carbocycles. The second kappa shape index (κ2) is 7.40. The minimum atomic E-state index is 0.818. The number of thiazole rings is 1. The summed E-state index contributed by atoms with van der Waals surface area (Å²) >= 11 is 1.69. The molecular formula is C14H23N5S. The smallest absolute Gasteiger partial charge is 0.0798 e. The quantitative estimate of drug-likeness (QED) is 0.812. The van der Waals surface area contributed by atoms with Crippen LogP contribution in [0.2, 0.25) is 0 Å². The van der Waals surface area contributed by atoms with E-state index < -0.39 is 0 Å². The van der Waals surface area contributed by atoms with E-state index in [1.165, 1.54) is 4.88 Å². The molecule has 20 heavy (non-hydrogen) atoms. The number of hydrogen-bond acceptors (Lipinski definition) is 5. The van der Waals surface area contributed by atoms with Crippen LogP contribution in [0.1, 0.15) is 24.4 Å². The molecular weight excluding hydrogens is 270 g/mol. The molecule has 6 heteroatoms. The summed E-state index contributed by atoms with van der Waals surface area (Å²) in [5.74, 6) is 0. The summed E-state index contributed by atoms with van der Waals surface area (Å²) in [6.07, 6.45) is 3.96. The molecule has 2 aromatic rings. The summed E-state index contributed by atoms with van der Waals surface area (Å²) in [6.45, 7) is 11.4. The number of aromatic nitrogens is 3. The van der Waals surface area contributed by atoms with Gasteiger partial charge in [-0.25, -0.2) is 4.98 Å². The van der Waals surface area contributed by atoms with Crippen LogP contribution in [-0.4, -0.2) is 39.3 Å². The van der Waals surface area contributed by atoms with Gasteiger partial charge in [0.25, 0.3) is 0 Å². The molecule has 5 nitrogen and oxygen atoms in total. The van der Waals surface area contributed by atoms with E-state index in [-0.39, 0.29) is 0 Å². The lowest BCUT2D eigenvalue weighted by molar-refractivity contribution is 0.285. The fraction of sp³-hybridized carbons (Fsp3) is 0.571. The fourth-order valence-electron chi connectivity index (χ4n) is 2.04. The van der Waals surface area contributed by atoms with Gasteiger partial charge in [-0.3, -0.25) is 4.68 Å². The van der Waals surface area contributed by atoms with Gasteiger partial charge in [-0.2, -0.15) is 5.10 Å². The van der Waals surface area contributed by atoms with Crippen LogP contribution >= 0.6 is 11.3 Å². The van der Waals surface area contributed by atoms with E-state index in [0.29, 0.717) is 0 Å². The fourth-order valence-corrected chi connectivity index (χ4v) is 2.76. The summed E-state index contributed by atoms with van der Waals surface area (Å²) in [6, 6.07) is 0. The number of rotatable bonds is 8. The Morgan fingerprint density at radius 1 is 1.35 bits per heavy atom. The minimum absolute atomic E-state index is 0.818. The zero-order valence-electron chi connectivity index (χ0n) is 12.5. The molecule has 1 N–H and O–H groups in total. The van der Waals surface area contributed by atoms with Crippen molar-refractivity contribution in [2.45, 2.75) is 33.9 Å². The number of hydrogen-bond donors (Lipinski definition) is 1. The van der Waals surface area contributed by atoms with Gasteiger partial charge in [0.2, 0.25) is 0 Å². The lowest BCUT2D eigenvalue weighted by Gasteiger charge is -2.17. The largest absolute Gasteiger partial charge is 0.378 e. The molecule has 0 amide bonds. The van der Waals surface area contributed by atoms with Crippen LogP contribution < -0.4 is 5.32 Å². The normalized spacial score (nSPS) is 11.2. The van der Waals surface area contributed by atoms with Gasteiger partial charge in [-0.1, -0.05) is 13.8 Å². The molecule has 0 unspecified atom stereocenters. The molecule has 0 fully saturated rings. The van der Waals surface area contributed by atoms with Crippen molar-refractivity contribution in [1.82, 2.24) is 19.7 Å². The van der Waals surface area contributed by atoms with Crippen LogP contribution in [0.4, 0.5) is 5.69 Å². The van der Waals surface area contributed by atoms with Crippen molar-refractivity contribution in [2.24, 2.45) is 0 Å². The third-order valence-corrected chi connectivity index (χ3v) is 4.41. The van der Waals surface area contributed by atoms with Crippen LogP contribution in [0.15, 0.2) is 17.9 Å². The highest BCUT2D eigenvalue weighted by atomic mass is 32.1. The SMILES string of the molecule is CCN(CC)CCn1cc(NCc2scnc2C)cn1. The third kappa shape index (κ3) is 4.05. The van der Waals surface area contributed by atoms with Gasteiger partial charge in [0.05, 0.1) is 36.2 Å². The molecule has 2 rings (SSSR count). The summed E-state index contributed by atoms with van der Waals surface area (Å²) in [5.41, 5.74) is 4.06. The maximum absolute atomic E-state index is 4.39. The molecule has 2 aromatic heterocycles. The Labute approximate surface area is 124 Å². The Balaban J connectivity index is 1.81. The van der Waals surface area contributed by atoms with E-state index in [9.17, 15) is 0 Å². The number of aryl methyl sites for hydroxylation is 1. The summed E-state index contributed by atoms with van der Waals surface area (Å²) in [4.78, 5) is 7.93. The monoisotopic (exact) mass is 293 g/mol. The van der Waals surface area contributed by atoms with Crippen LogP contribution in [0.3, 0.4) is 0 Å². The maximum atomic E-state index is 4.39. The van der Waals surface area contributed by atoms with Crippen molar-refractivity contribution in [2.75, 3.05) is 25.0 Å². The molecule has 0 atom stereocenters. The lowest BCUT2D eigenvalue weighted by atomic mass is 10.4. The lowest BCUT2D eigenvalue weighted by Crippen LogP contribution is -2.27. The molecule has 0 spiro atoms. The Morgan fingerprint density at radius 2 is 2.15 bits per heavy atom. The molecule has 0 aliphatic heterocycles. The van der Waals surface area contributed by atoms with Crippen molar-refractivity contribution in [3.8, 4) is 0 Å². The van der Waals surface area contributed by atoms with Gasteiger partial charge < -0.3 is 10.2 Å². The van der Waals surface area contributed by atoms with E-state index in [2.05, 4.69) is 40.3 Å². The predicted molar refractivity (Wildman–Crippen MR) is 84.2 cm³/mol. The Morgan fingerprint density at radius 3 is 2.80 bits per heavy atom. The molecule has 0 saturated heterocycles. The average molecular weight is 293 g/mol. The van der Waals surface area contributed by atoms with Gasteiger partial charge in [0.15, 0.2) is 0 Å². The van der Waals surface area contributed by atoms with E-state index in [1.54, 1.807) is 11.3 Å². The minimum Gasteiger partial charge on any atom is -0.378 e. The zero-order valence-corrected chi connectivity index (χ0v) is 13.3. The van der Waals surface area contributed by atoms with Gasteiger partial charge in [-0.15, -0.1) is 11.3 Å². The van der Waals surface area contributed by atoms with Crippen molar-refractivity contribution in [3.05, 3.63) is 28.5 Å². The standard InChI is InChI=1S/C14H23N5S/c1-4-18(5-2)6-7-19-10-13(8-17-19)15-9-14-12(3)16-11-20-14/h8,10-11,15H,4-7,9H2,1-3H3. The second-order valence-corrected chi connectivity index (χ2v) is 5.67. The van der Waals surface area contributed by atoms with Crippen molar-refractivity contribution in [3.63, 3.8) is 0 Å². The topological polar surface area (TPSA) is 46.0 Å². The highest BCUT2D eigenvalue weighted by molar-refractivity contribution is 7.09. The van der Waals surface area contributed by atoms with Gasteiger partial charge in [-0.05, 0) is 20.0 Å². The van der Waals surface area contributed by atoms with E-state index in [4.69, 9.17) is 0 Å². The van der Waals surface area contributed by atoms with Gasteiger partial charge >= 0.3 is 0 Å². The summed E-state index contributed by atoms with van der Waals surface area (Å²) in [7, 11) is 0. The first-order valence-corrected chi connectivity index (χ1v) is 7.98. The number of nitrogens with zero attached hydrogens (tertiary/aromatic N) is 4. The van der Waals surface area contributed by atoms with Crippen LogP contribution in [0.5, 0.6) is 0 Å². The summed E-state index contributed by atoms with van der Waals surface area (Å²) in [5, 5.41) is 7.79. The van der Waals surface area contributed by atoms with Crippen LogP contribution in [0, 0.1) is 6.92 Å². The third-order valence-electron chi connectivity index (χ3n) is 3.47. The van der Waals surface area contributed by atoms with Crippen molar-refractivity contribution in [1.29, 1.82) is 0 Å². The predicted octanol–water partition coefficient (Wildman–Crippen LogP) is 2.60. The highest BCUT2D eigenvalue weighted by Gasteiger charge is 2.04. The molecule has 0 aromatic carbocycles. The van der Waals surface area contributed by atoms with Crippen molar-refractivity contribution >= 4 is 17.0 Å². The number of anilines is 1. The van der Waals surface area contributed by atoms with Gasteiger partial charge in [0, 0.05) is 17.6 Å². The van der Waals surface area contributed by atoms with E-state index >= 15 is 0 Å². The molecule has 110 valence electrons. The molecule has 0 radical (unpaired) electrons. The first-order valence-electron chi connectivity index (χ1n) is 7.10. The molecule has 0 saturated carbocycles. The van der Waals surface area contributed by atoms with E-state index in [1.807, 2.05) is 23.3 Å². The van der Waals surface area contributed by atoms with Crippen LogP contribution in [0.25, 0.3) is 0 Å². The average Bonchev–Trinajstić information content (AvgIpc) is 3.07. The summed E-state index contributed by atoms with van der Waals surface area (Å²) < 4.78 is 2.00. The Bertz CT molecular complexity index is 515. The van der Waals surface area contributed by atoms with Crippen molar-refractivity contribution < 1.29 is 0 Å². The number of nitrogens with one attached hydrogen (secondary N) is 1. The highest BCUT2D eigenvalue weighted by Crippen LogP contribution is 2.14. The number of likely N-dealkylation sites (N-methyl/N-ethyl adjacent to an activating group) is 1. The van der Waals surface area contributed by atoms with Crippen LogP contribution in [-0.2, 0) is 13.1 Å². The second-order valence-electron chi connectivity index (χ2n) is 4.73. The zero-order chi connectivity index (χ0) is 14.4. The molecule has 0 aliphatic rings. The molecule has 2 heterocycles. The first-order chi connectivity index (χ1) is 9.72. The Hall–Kier alpha value is -1.40. The molecule has 0 bridgehead atoms. The Kier molecular flexibility index (Phi) is 5.55. The maximum Gasteiger partial charge on any atom is 0.0798 e. The van der Waals surface area contributed by atoms with Gasteiger partial charge in [0.1, 0.15) is 0 Å². The first kappa shape index (κ1) is 15.0. The van der Waals surface area contributed by atoms with E-state index in [0.717, 1.165) is 44.1 Å².